The van der Waals surface area contributed by atoms with Crippen molar-refractivity contribution in [2.75, 3.05) is 0 Å². The Labute approximate surface area is 183 Å². The average molecular weight is 436 g/mol. The van der Waals surface area contributed by atoms with Crippen molar-refractivity contribution in [1.29, 1.82) is 0 Å². The number of aliphatic hydroxyl groups is 1. The van der Waals surface area contributed by atoms with Gasteiger partial charge in [-0.1, -0.05) is 0 Å². The number of hydrogen-bond acceptors (Lipinski definition) is 7. The maximum absolute atomic E-state index is 12.9. The maximum atomic E-state index is 12.9. The molecule has 0 spiro atoms. The van der Waals surface area contributed by atoms with Crippen LogP contribution in [0.4, 0.5) is 0 Å². The predicted octanol–water partition coefficient (Wildman–Crippen LogP) is 4.06. The van der Waals surface area contributed by atoms with Gasteiger partial charge in [-0.2, -0.15) is 0 Å². The summed E-state index contributed by atoms with van der Waals surface area (Å²) in [5.41, 5.74) is 1.38. The lowest BCUT2D eigenvalue weighted by Crippen LogP contribution is -2.27. The molecule has 0 radical (unpaired) electrons. The fourth-order valence-electron chi connectivity index (χ4n) is 4.09. The van der Waals surface area contributed by atoms with Crippen LogP contribution in [0.25, 0.3) is 21.9 Å². The number of aryl methyl sites for hydroxylation is 4. The van der Waals surface area contributed by atoms with Gasteiger partial charge in [-0.25, -0.2) is 9.59 Å². The van der Waals surface area contributed by atoms with Crippen LogP contribution in [0.2, 0.25) is 0 Å². The molecule has 0 saturated heterocycles. The van der Waals surface area contributed by atoms with Gasteiger partial charge >= 0.3 is 11.3 Å². The first-order valence-electron chi connectivity index (χ1n) is 10.2. The third kappa shape index (κ3) is 3.26. The van der Waals surface area contributed by atoms with Crippen LogP contribution in [-0.4, -0.2) is 21.4 Å². The SMILES string of the molecule is Cc1cc2oc(=O)c(C(c3c(O)c4cc(C)c(C)cc4oc3=O)C(C)O)c(O)c2cc1C. The quantitative estimate of drug-likeness (QED) is 0.414. The molecule has 0 amide bonds. The Morgan fingerprint density at radius 1 is 0.688 bits per heavy atom. The molecule has 2 aromatic carbocycles. The van der Waals surface area contributed by atoms with Crippen LogP contribution in [0.3, 0.4) is 0 Å². The van der Waals surface area contributed by atoms with Crippen molar-refractivity contribution in [2.24, 2.45) is 0 Å². The van der Waals surface area contributed by atoms with Crippen molar-refractivity contribution in [1.82, 2.24) is 0 Å². The standard InChI is InChI=1S/C25H24O7/c1-10-6-15-17(8-12(10)3)31-24(29)20(22(15)27)19(14(5)26)21-23(28)16-7-11(2)13(4)9-18(16)32-25(21)30/h6-9,14,19,26-28H,1-5H3. The lowest BCUT2D eigenvalue weighted by atomic mass is 9.86. The highest BCUT2D eigenvalue weighted by Crippen LogP contribution is 2.40. The largest absolute Gasteiger partial charge is 0.507 e. The van der Waals surface area contributed by atoms with Crippen molar-refractivity contribution >= 4 is 21.9 Å². The summed E-state index contributed by atoms with van der Waals surface area (Å²) in [6.07, 6.45) is -1.33. The summed E-state index contributed by atoms with van der Waals surface area (Å²) < 4.78 is 10.8. The first kappa shape index (κ1) is 21.6. The minimum absolute atomic E-state index is 0.185. The number of aliphatic hydroxyl groups excluding tert-OH is 1. The number of hydrogen-bond donors (Lipinski definition) is 3. The Balaban J connectivity index is 2.08. The van der Waals surface area contributed by atoms with Crippen LogP contribution >= 0.6 is 0 Å². The fourth-order valence-corrected chi connectivity index (χ4v) is 4.09. The summed E-state index contributed by atoms with van der Waals surface area (Å²) in [7, 11) is 0. The van der Waals surface area contributed by atoms with Gasteiger partial charge in [-0.3, -0.25) is 0 Å². The van der Waals surface area contributed by atoms with E-state index in [4.69, 9.17) is 8.83 Å². The number of benzene rings is 2. The van der Waals surface area contributed by atoms with Gasteiger partial charge in [0, 0.05) is 0 Å². The summed E-state index contributed by atoms with van der Waals surface area (Å²) in [6, 6.07) is 6.61. The van der Waals surface area contributed by atoms with Crippen molar-refractivity contribution in [3.8, 4) is 11.5 Å². The number of aromatic hydroxyl groups is 2. The Morgan fingerprint density at radius 3 is 1.38 bits per heavy atom. The van der Waals surface area contributed by atoms with Crippen molar-refractivity contribution in [3.05, 3.63) is 78.5 Å². The lowest BCUT2D eigenvalue weighted by Gasteiger charge is -2.21. The van der Waals surface area contributed by atoms with Gasteiger partial charge in [0.15, 0.2) is 0 Å². The Bertz CT molecular complexity index is 1390. The molecular formula is C25H24O7. The van der Waals surface area contributed by atoms with E-state index >= 15 is 0 Å². The smallest absolute Gasteiger partial charge is 0.343 e. The molecule has 7 heteroatoms. The molecule has 0 saturated carbocycles. The predicted molar refractivity (Wildman–Crippen MR) is 121 cm³/mol. The molecule has 0 aliphatic heterocycles. The molecule has 166 valence electrons. The van der Waals surface area contributed by atoms with E-state index in [-0.39, 0.29) is 33.1 Å². The second-order valence-corrected chi connectivity index (χ2v) is 8.39. The van der Waals surface area contributed by atoms with E-state index in [2.05, 4.69) is 0 Å². The van der Waals surface area contributed by atoms with E-state index in [9.17, 15) is 24.9 Å². The van der Waals surface area contributed by atoms with Crippen molar-refractivity contribution < 1.29 is 24.2 Å². The molecule has 0 aliphatic carbocycles. The summed E-state index contributed by atoms with van der Waals surface area (Å²) in [5.74, 6) is -2.20. The molecule has 0 bridgehead atoms. The molecule has 1 atom stereocenters. The number of rotatable bonds is 3. The molecule has 32 heavy (non-hydrogen) atoms. The molecule has 1 unspecified atom stereocenters. The zero-order valence-corrected chi connectivity index (χ0v) is 18.4. The zero-order chi connectivity index (χ0) is 23.5. The van der Waals surface area contributed by atoms with Gasteiger partial charge in [0.05, 0.1) is 33.9 Å². The molecule has 2 aromatic heterocycles. The number of fused-ring (bicyclic) bond motifs is 2. The van der Waals surface area contributed by atoms with Crippen LogP contribution in [0.5, 0.6) is 11.5 Å². The van der Waals surface area contributed by atoms with Crippen LogP contribution in [0, 0.1) is 27.7 Å². The molecule has 4 aromatic rings. The minimum Gasteiger partial charge on any atom is -0.507 e. The Hall–Kier alpha value is -3.58. The third-order valence-corrected chi connectivity index (χ3v) is 6.16. The van der Waals surface area contributed by atoms with Crippen molar-refractivity contribution in [3.63, 3.8) is 0 Å². The van der Waals surface area contributed by atoms with Crippen LogP contribution in [-0.2, 0) is 0 Å². The Morgan fingerprint density at radius 2 is 1.03 bits per heavy atom. The van der Waals surface area contributed by atoms with Gasteiger partial charge in [-0.15, -0.1) is 0 Å². The van der Waals surface area contributed by atoms with Gasteiger partial charge in [0.25, 0.3) is 0 Å². The minimum atomic E-state index is -1.38. The highest BCUT2D eigenvalue weighted by molar-refractivity contribution is 5.88. The van der Waals surface area contributed by atoms with E-state index in [1.165, 1.54) is 6.92 Å². The zero-order valence-electron chi connectivity index (χ0n) is 18.4. The van der Waals surface area contributed by atoms with E-state index in [1.54, 1.807) is 24.3 Å². The normalized spacial score (nSPS) is 12.7. The van der Waals surface area contributed by atoms with E-state index < -0.39 is 34.8 Å². The first-order chi connectivity index (χ1) is 15.0. The topological polar surface area (TPSA) is 121 Å². The summed E-state index contributed by atoms with van der Waals surface area (Å²) in [4.78, 5) is 25.8. The highest BCUT2D eigenvalue weighted by Gasteiger charge is 2.34. The summed E-state index contributed by atoms with van der Waals surface area (Å²) in [6.45, 7) is 8.75. The third-order valence-electron chi connectivity index (χ3n) is 6.16. The molecule has 7 nitrogen and oxygen atoms in total. The van der Waals surface area contributed by atoms with Crippen LogP contribution < -0.4 is 11.3 Å². The van der Waals surface area contributed by atoms with Crippen LogP contribution in [0.15, 0.2) is 42.7 Å². The molecular weight excluding hydrogens is 412 g/mol. The summed E-state index contributed by atoms with van der Waals surface area (Å²) >= 11 is 0. The molecule has 0 aliphatic rings. The van der Waals surface area contributed by atoms with Gasteiger partial charge in [0.1, 0.15) is 22.7 Å². The Kier molecular flexibility index (Phi) is 5.09. The highest BCUT2D eigenvalue weighted by atomic mass is 16.4. The monoisotopic (exact) mass is 436 g/mol. The second-order valence-electron chi connectivity index (χ2n) is 8.39. The van der Waals surface area contributed by atoms with Crippen molar-refractivity contribution in [2.45, 2.75) is 46.6 Å². The van der Waals surface area contributed by atoms with Crippen LogP contribution in [0.1, 0.15) is 46.2 Å². The van der Waals surface area contributed by atoms with Gasteiger partial charge in [-0.05, 0) is 81.1 Å². The molecule has 4 rings (SSSR count). The van der Waals surface area contributed by atoms with Gasteiger partial charge < -0.3 is 24.2 Å². The average Bonchev–Trinajstić information content (AvgIpc) is 2.70. The van der Waals surface area contributed by atoms with E-state index in [0.717, 1.165) is 22.3 Å². The fraction of sp³-hybridized carbons (Fsp3) is 0.280. The maximum Gasteiger partial charge on any atom is 0.343 e. The van der Waals surface area contributed by atoms with E-state index in [0.29, 0.717) is 0 Å². The first-order valence-corrected chi connectivity index (χ1v) is 10.2. The van der Waals surface area contributed by atoms with Gasteiger partial charge in [0.2, 0.25) is 0 Å². The molecule has 3 N–H and O–H groups in total. The molecule has 0 fully saturated rings. The molecule has 2 heterocycles. The van der Waals surface area contributed by atoms with E-state index in [1.807, 2.05) is 27.7 Å². The second kappa shape index (κ2) is 7.53. The lowest BCUT2D eigenvalue weighted by molar-refractivity contribution is 0.170. The summed E-state index contributed by atoms with van der Waals surface area (Å²) in [5, 5.41) is 33.1.